The van der Waals surface area contributed by atoms with Gasteiger partial charge in [-0.05, 0) is 49.4 Å². The number of amides is 1. The van der Waals surface area contributed by atoms with Crippen molar-refractivity contribution in [1.82, 2.24) is 0 Å². The fourth-order valence-corrected chi connectivity index (χ4v) is 4.64. The summed E-state index contributed by atoms with van der Waals surface area (Å²) in [5, 5.41) is 11.8. The number of hydrogen-bond donors (Lipinski definition) is 0. The summed E-state index contributed by atoms with van der Waals surface area (Å²) in [6.45, 7) is 4.25. The average molecular weight is 434 g/mol. The number of hydrogen-bond acceptors (Lipinski definition) is 5. The van der Waals surface area contributed by atoms with E-state index in [1.807, 2.05) is 24.3 Å². The monoisotopic (exact) mass is 434 g/mol. The van der Waals surface area contributed by atoms with Gasteiger partial charge in [0.1, 0.15) is 11.4 Å². The van der Waals surface area contributed by atoms with Crippen LogP contribution in [0, 0.1) is 10.1 Å². The second-order valence-corrected chi connectivity index (χ2v) is 8.06. The summed E-state index contributed by atoms with van der Waals surface area (Å²) in [6, 6.07) is 12.5. The Labute approximate surface area is 186 Å². The molecular weight excluding hydrogens is 408 g/mol. The summed E-state index contributed by atoms with van der Waals surface area (Å²) >= 11 is 0. The lowest BCUT2D eigenvalue weighted by Gasteiger charge is -2.38. The summed E-state index contributed by atoms with van der Waals surface area (Å²) in [5.74, 6) is -0.179. The molecule has 4 rings (SSSR count). The van der Waals surface area contributed by atoms with Crippen LogP contribution in [-0.2, 0) is 16.0 Å². The number of nitro groups is 1. The largest absolute Gasteiger partial charge is 0.494 e. The number of nitrogens with zero attached hydrogens (tertiary/aromatic N) is 2. The summed E-state index contributed by atoms with van der Waals surface area (Å²) < 4.78 is 5.41. The van der Waals surface area contributed by atoms with Crippen molar-refractivity contribution in [3.8, 4) is 5.75 Å². The standard InChI is InChI=1S/C25H26N2O5/c1-3-16-8-10-17(11-9-16)19-15-24(29)26(21-6-5-7-23(28)25(19)21)20-13-12-18(32-4-2)14-22(20)27(30)31/h8-14,19H,3-7,15H2,1-2H3. The Kier molecular flexibility index (Phi) is 6.08. The van der Waals surface area contributed by atoms with Crippen LogP contribution in [0.2, 0.25) is 0 Å². The van der Waals surface area contributed by atoms with Crippen molar-refractivity contribution in [2.45, 2.75) is 51.9 Å². The lowest BCUT2D eigenvalue weighted by atomic mass is 9.77. The van der Waals surface area contributed by atoms with Crippen LogP contribution in [0.15, 0.2) is 53.7 Å². The molecule has 1 amide bonds. The van der Waals surface area contributed by atoms with E-state index < -0.39 is 4.92 Å². The number of benzene rings is 2. The highest BCUT2D eigenvalue weighted by Gasteiger charge is 2.41. The number of Topliss-reactive ketones (excluding diaryl/α,β-unsaturated/α-hetero) is 1. The van der Waals surface area contributed by atoms with E-state index in [-0.39, 0.29) is 35.4 Å². The van der Waals surface area contributed by atoms with E-state index >= 15 is 0 Å². The van der Waals surface area contributed by atoms with Gasteiger partial charge in [-0.15, -0.1) is 0 Å². The SMILES string of the molecule is CCOc1ccc(N2C(=O)CC(c3ccc(CC)cc3)C3=C2CCCC3=O)c([N+](=O)[O-])c1. The minimum absolute atomic E-state index is 0.0157. The maximum absolute atomic E-state index is 13.4. The van der Waals surface area contributed by atoms with Gasteiger partial charge in [0.2, 0.25) is 5.91 Å². The first-order valence-corrected chi connectivity index (χ1v) is 11.0. The van der Waals surface area contributed by atoms with Crippen molar-refractivity contribution in [1.29, 1.82) is 0 Å². The molecule has 1 aliphatic carbocycles. The number of carbonyl (C=O) groups is 2. The molecule has 0 spiro atoms. The van der Waals surface area contributed by atoms with Gasteiger partial charge < -0.3 is 4.74 Å². The van der Waals surface area contributed by atoms with Crippen molar-refractivity contribution in [3.05, 3.63) is 75.0 Å². The Morgan fingerprint density at radius 1 is 1.09 bits per heavy atom. The van der Waals surface area contributed by atoms with Crippen molar-refractivity contribution in [2.24, 2.45) is 0 Å². The molecule has 32 heavy (non-hydrogen) atoms. The quantitative estimate of drug-likeness (QED) is 0.467. The van der Waals surface area contributed by atoms with E-state index in [2.05, 4.69) is 6.92 Å². The molecule has 1 atom stereocenters. The van der Waals surface area contributed by atoms with Crippen molar-refractivity contribution < 1.29 is 19.2 Å². The van der Waals surface area contributed by atoms with Crippen LogP contribution in [0.1, 0.15) is 56.6 Å². The zero-order valence-electron chi connectivity index (χ0n) is 18.3. The molecule has 2 aromatic rings. The molecule has 0 N–H and O–H groups in total. The lowest BCUT2D eigenvalue weighted by Crippen LogP contribution is -2.40. The Hall–Kier alpha value is -3.48. The fraction of sp³-hybridized carbons (Fsp3) is 0.360. The van der Waals surface area contributed by atoms with Gasteiger partial charge in [0, 0.05) is 30.0 Å². The lowest BCUT2D eigenvalue weighted by molar-refractivity contribution is -0.384. The number of allylic oxidation sites excluding steroid dienone is 2. The van der Waals surface area contributed by atoms with Gasteiger partial charge in [-0.25, -0.2) is 0 Å². The average Bonchev–Trinajstić information content (AvgIpc) is 2.79. The molecule has 0 saturated heterocycles. The Bertz CT molecular complexity index is 1100. The van der Waals surface area contributed by atoms with Gasteiger partial charge in [-0.1, -0.05) is 31.2 Å². The molecule has 2 aromatic carbocycles. The molecule has 1 unspecified atom stereocenters. The third-order valence-electron chi connectivity index (χ3n) is 6.16. The Morgan fingerprint density at radius 3 is 2.50 bits per heavy atom. The highest BCUT2D eigenvalue weighted by atomic mass is 16.6. The number of ketones is 1. The van der Waals surface area contributed by atoms with Gasteiger partial charge in [-0.2, -0.15) is 0 Å². The van der Waals surface area contributed by atoms with Crippen LogP contribution in [0.3, 0.4) is 0 Å². The first-order chi connectivity index (χ1) is 15.4. The number of anilines is 1. The second-order valence-electron chi connectivity index (χ2n) is 8.06. The predicted molar refractivity (Wildman–Crippen MR) is 121 cm³/mol. The van der Waals surface area contributed by atoms with E-state index in [9.17, 15) is 19.7 Å². The molecule has 0 radical (unpaired) electrons. The second kappa shape index (κ2) is 8.94. The minimum atomic E-state index is -0.508. The minimum Gasteiger partial charge on any atom is -0.494 e. The molecule has 166 valence electrons. The zero-order valence-corrected chi connectivity index (χ0v) is 18.3. The molecule has 1 heterocycles. The molecule has 0 aromatic heterocycles. The topological polar surface area (TPSA) is 89.8 Å². The smallest absolute Gasteiger partial charge is 0.297 e. The van der Waals surface area contributed by atoms with E-state index in [1.54, 1.807) is 19.1 Å². The third kappa shape index (κ3) is 3.90. The summed E-state index contributed by atoms with van der Waals surface area (Å²) in [5.41, 5.74) is 3.30. The first kappa shape index (κ1) is 21.7. The van der Waals surface area contributed by atoms with Crippen molar-refractivity contribution >= 4 is 23.1 Å². The molecule has 2 aliphatic rings. The van der Waals surface area contributed by atoms with Crippen LogP contribution in [-0.4, -0.2) is 23.2 Å². The summed E-state index contributed by atoms with van der Waals surface area (Å²) in [7, 11) is 0. The predicted octanol–water partition coefficient (Wildman–Crippen LogP) is 5.08. The third-order valence-corrected chi connectivity index (χ3v) is 6.16. The summed E-state index contributed by atoms with van der Waals surface area (Å²) in [6.07, 6.45) is 2.58. The molecule has 0 fully saturated rings. The van der Waals surface area contributed by atoms with E-state index in [0.717, 1.165) is 12.0 Å². The van der Waals surface area contributed by atoms with Crippen molar-refractivity contribution in [2.75, 3.05) is 11.5 Å². The number of carbonyl (C=O) groups excluding carboxylic acids is 2. The normalized spacial score (nSPS) is 18.6. The van der Waals surface area contributed by atoms with E-state index in [1.165, 1.54) is 16.5 Å². The van der Waals surface area contributed by atoms with Gasteiger partial charge in [0.15, 0.2) is 5.78 Å². The van der Waals surface area contributed by atoms with Gasteiger partial charge >= 0.3 is 0 Å². The number of aryl methyl sites for hydroxylation is 1. The summed E-state index contributed by atoms with van der Waals surface area (Å²) in [4.78, 5) is 39.1. The van der Waals surface area contributed by atoms with E-state index in [4.69, 9.17) is 4.74 Å². The first-order valence-electron chi connectivity index (χ1n) is 11.0. The fourth-order valence-electron chi connectivity index (χ4n) is 4.64. The van der Waals surface area contributed by atoms with Crippen LogP contribution in [0.25, 0.3) is 0 Å². The Balaban J connectivity index is 1.84. The number of nitro benzene ring substituents is 1. The van der Waals surface area contributed by atoms with Crippen LogP contribution < -0.4 is 9.64 Å². The highest BCUT2D eigenvalue weighted by molar-refractivity contribution is 6.08. The number of rotatable bonds is 6. The highest BCUT2D eigenvalue weighted by Crippen LogP contribution is 2.45. The van der Waals surface area contributed by atoms with Crippen LogP contribution in [0.4, 0.5) is 11.4 Å². The zero-order chi connectivity index (χ0) is 22.8. The molecule has 0 bridgehead atoms. The molecule has 0 saturated carbocycles. The van der Waals surface area contributed by atoms with Crippen molar-refractivity contribution in [3.63, 3.8) is 0 Å². The van der Waals surface area contributed by atoms with Crippen LogP contribution >= 0.6 is 0 Å². The van der Waals surface area contributed by atoms with E-state index in [0.29, 0.717) is 42.9 Å². The number of ether oxygens (including phenoxy) is 1. The molecular formula is C25H26N2O5. The molecule has 7 nitrogen and oxygen atoms in total. The molecule has 7 heteroatoms. The van der Waals surface area contributed by atoms with Gasteiger partial charge in [0.25, 0.3) is 5.69 Å². The maximum Gasteiger partial charge on any atom is 0.297 e. The Morgan fingerprint density at radius 2 is 1.84 bits per heavy atom. The van der Waals surface area contributed by atoms with Gasteiger partial charge in [0.05, 0.1) is 17.6 Å². The van der Waals surface area contributed by atoms with Crippen LogP contribution in [0.5, 0.6) is 5.75 Å². The van der Waals surface area contributed by atoms with Gasteiger partial charge in [-0.3, -0.25) is 24.6 Å². The molecule has 1 aliphatic heterocycles. The maximum atomic E-state index is 13.4.